The van der Waals surface area contributed by atoms with Gasteiger partial charge in [-0.15, -0.1) is 0 Å². The average molecular weight is 513 g/mol. The monoisotopic (exact) mass is 512 g/mol. The topological polar surface area (TPSA) is 128 Å². The molecule has 38 heavy (non-hydrogen) atoms. The van der Waals surface area contributed by atoms with Crippen molar-refractivity contribution in [1.82, 2.24) is 25.6 Å². The molecule has 1 amide bonds. The first-order valence-corrected chi connectivity index (χ1v) is 12.9. The third-order valence-corrected chi connectivity index (χ3v) is 7.48. The van der Waals surface area contributed by atoms with E-state index >= 15 is 0 Å². The quantitative estimate of drug-likeness (QED) is 0.368. The number of hydrogen-bond acceptors (Lipinski definition) is 8. The number of nitrogens with one attached hydrogen (secondary N) is 4. The van der Waals surface area contributed by atoms with Crippen LogP contribution in [0.2, 0.25) is 0 Å². The zero-order valence-corrected chi connectivity index (χ0v) is 21.4. The highest BCUT2D eigenvalue weighted by Gasteiger charge is 2.46. The number of aromatic nitrogens is 3. The van der Waals surface area contributed by atoms with Crippen LogP contribution in [0.4, 0.5) is 27.7 Å². The lowest BCUT2D eigenvalue weighted by Crippen LogP contribution is -2.33. The number of nitrogens with zero attached hydrogens (tertiary/aromatic N) is 4. The van der Waals surface area contributed by atoms with Gasteiger partial charge in [0.05, 0.1) is 17.2 Å². The number of halogens is 1. The maximum Gasteiger partial charge on any atom is 0.256 e. The molecular formula is C28H29FN8O. The standard InChI is InChI=1S/C28H29FN8O/c1-27(2,14-30)23-21(29)7-8-22(35-23)36-24-19(25(38)33-17-3-4-17)13-32-26(37-24)34-18-5-6-20-16(11-18)12-31-15-28(20)9-10-28/h5-8,11,13,17,31H,3-4,9-10,12,15H2,1-2H3,(H,33,38)(H2,32,34,35,36,37). The third-order valence-electron chi connectivity index (χ3n) is 7.48. The largest absolute Gasteiger partial charge is 0.349 e. The van der Waals surface area contributed by atoms with Crippen LogP contribution in [0.1, 0.15) is 66.7 Å². The fourth-order valence-corrected chi connectivity index (χ4v) is 4.91. The van der Waals surface area contributed by atoms with Crippen molar-refractivity contribution in [3.63, 3.8) is 0 Å². The maximum absolute atomic E-state index is 14.5. The molecule has 3 aliphatic rings. The summed E-state index contributed by atoms with van der Waals surface area (Å²) in [7, 11) is 0. The Hall–Kier alpha value is -4.10. The predicted octanol–water partition coefficient (Wildman–Crippen LogP) is 4.33. The van der Waals surface area contributed by atoms with E-state index < -0.39 is 11.2 Å². The summed E-state index contributed by atoms with van der Waals surface area (Å²) in [5.74, 6) is -0.0639. The minimum atomic E-state index is -1.13. The van der Waals surface area contributed by atoms with E-state index in [1.165, 1.54) is 42.3 Å². The average Bonchev–Trinajstić information content (AvgIpc) is 3.84. The predicted molar refractivity (Wildman–Crippen MR) is 141 cm³/mol. The Kier molecular flexibility index (Phi) is 5.76. The Morgan fingerprint density at radius 3 is 2.74 bits per heavy atom. The molecular weight excluding hydrogens is 483 g/mol. The Bertz CT molecular complexity index is 1470. The van der Waals surface area contributed by atoms with Gasteiger partial charge in [-0.3, -0.25) is 4.79 Å². The van der Waals surface area contributed by atoms with Gasteiger partial charge in [-0.2, -0.15) is 10.2 Å². The molecule has 0 bridgehead atoms. The molecule has 6 rings (SSSR count). The number of carbonyl (C=O) groups is 1. The number of fused-ring (bicyclic) bond motifs is 2. The van der Waals surface area contributed by atoms with Crippen molar-refractivity contribution in [2.75, 3.05) is 17.2 Å². The van der Waals surface area contributed by atoms with Gasteiger partial charge in [-0.05, 0) is 74.9 Å². The van der Waals surface area contributed by atoms with Gasteiger partial charge in [0.1, 0.15) is 23.0 Å². The number of nitriles is 1. The Morgan fingerprint density at radius 1 is 1.18 bits per heavy atom. The van der Waals surface area contributed by atoms with Crippen LogP contribution in [-0.4, -0.2) is 33.4 Å². The van der Waals surface area contributed by atoms with Crippen LogP contribution < -0.4 is 21.3 Å². The molecule has 1 aromatic carbocycles. The summed E-state index contributed by atoms with van der Waals surface area (Å²) in [5.41, 5.74) is 2.94. The van der Waals surface area contributed by atoms with Crippen LogP contribution in [0.3, 0.4) is 0 Å². The Morgan fingerprint density at radius 2 is 2.00 bits per heavy atom. The van der Waals surface area contributed by atoms with E-state index in [0.29, 0.717) is 5.95 Å². The van der Waals surface area contributed by atoms with E-state index in [4.69, 9.17) is 0 Å². The zero-order valence-electron chi connectivity index (χ0n) is 21.4. The summed E-state index contributed by atoms with van der Waals surface area (Å²) in [5, 5.41) is 22.3. The SMILES string of the molecule is CC(C)(C#N)c1nc(Nc2nc(Nc3ccc4c(c3)CNCC43CC3)ncc2C(=O)NC2CC2)ccc1F. The summed E-state index contributed by atoms with van der Waals surface area (Å²) in [4.78, 5) is 26.3. The highest BCUT2D eigenvalue weighted by Crippen LogP contribution is 2.50. The van der Waals surface area contributed by atoms with Gasteiger partial charge in [-0.1, -0.05) is 6.07 Å². The lowest BCUT2D eigenvalue weighted by Gasteiger charge is -2.26. The van der Waals surface area contributed by atoms with Crippen LogP contribution in [0.15, 0.2) is 36.5 Å². The molecule has 194 valence electrons. The van der Waals surface area contributed by atoms with Gasteiger partial charge < -0.3 is 21.3 Å². The number of anilines is 4. The van der Waals surface area contributed by atoms with E-state index in [9.17, 15) is 14.4 Å². The van der Waals surface area contributed by atoms with Crippen LogP contribution in [0.5, 0.6) is 0 Å². The molecule has 0 radical (unpaired) electrons. The van der Waals surface area contributed by atoms with E-state index in [2.05, 4.69) is 54.4 Å². The van der Waals surface area contributed by atoms with Gasteiger partial charge in [0.2, 0.25) is 5.95 Å². The fraction of sp³-hybridized carbons (Fsp3) is 0.393. The van der Waals surface area contributed by atoms with Crippen molar-refractivity contribution in [1.29, 1.82) is 5.26 Å². The number of benzene rings is 1. The second-order valence-corrected chi connectivity index (χ2v) is 11.0. The van der Waals surface area contributed by atoms with E-state index in [1.54, 1.807) is 13.8 Å². The molecule has 2 saturated carbocycles. The van der Waals surface area contributed by atoms with Crippen molar-refractivity contribution in [2.45, 2.75) is 62.9 Å². The number of hydrogen-bond donors (Lipinski definition) is 4. The molecule has 10 heteroatoms. The van der Waals surface area contributed by atoms with Crippen molar-refractivity contribution in [2.24, 2.45) is 0 Å². The van der Waals surface area contributed by atoms with Gasteiger partial charge in [0.25, 0.3) is 5.91 Å². The Labute approximate surface area is 220 Å². The molecule has 3 heterocycles. The first kappa shape index (κ1) is 24.2. The normalized spacial score (nSPS) is 17.3. The summed E-state index contributed by atoms with van der Waals surface area (Å²) < 4.78 is 14.5. The molecule has 0 saturated heterocycles. The second kappa shape index (κ2) is 9.03. The fourth-order valence-electron chi connectivity index (χ4n) is 4.91. The lowest BCUT2D eigenvalue weighted by molar-refractivity contribution is 0.0951. The molecule has 3 aromatic rings. The van der Waals surface area contributed by atoms with Crippen LogP contribution in [0, 0.1) is 17.1 Å². The molecule has 2 aliphatic carbocycles. The number of pyridine rings is 1. The van der Waals surface area contributed by atoms with Crippen molar-refractivity contribution in [3.05, 3.63) is 64.7 Å². The van der Waals surface area contributed by atoms with E-state index in [-0.39, 0.29) is 40.3 Å². The minimum absolute atomic E-state index is 0.0116. The zero-order chi connectivity index (χ0) is 26.5. The van der Waals surface area contributed by atoms with E-state index in [0.717, 1.165) is 31.6 Å². The second-order valence-electron chi connectivity index (χ2n) is 11.0. The highest BCUT2D eigenvalue weighted by atomic mass is 19.1. The van der Waals surface area contributed by atoms with Crippen molar-refractivity contribution < 1.29 is 9.18 Å². The van der Waals surface area contributed by atoms with Gasteiger partial charge in [0, 0.05) is 36.4 Å². The molecule has 9 nitrogen and oxygen atoms in total. The molecule has 2 aromatic heterocycles. The first-order valence-electron chi connectivity index (χ1n) is 12.9. The van der Waals surface area contributed by atoms with Gasteiger partial charge >= 0.3 is 0 Å². The summed E-state index contributed by atoms with van der Waals surface area (Å²) in [6.45, 7) is 5.04. The lowest BCUT2D eigenvalue weighted by atomic mass is 9.88. The maximum atomic E-state index is 14.5. The van der Waals surface area contributed by atoms with E-state index in [1.807, 2.05) is 6.07 Å². The molecule has 1 spiro atoms. The summed E-state index contributed by atoms with van der Waals surface area (Å²) >= 11 is 0. The first-order chi connectivity index (χ1) is 18.3. The summed E-state index contributed by atoms with van der Waals surface area (Å²) in [6, 6.07) is 11.3. The molecule has 0 unspecified atom stereocenters. The molecule has 1 aliphatic heterocycles. The summed E-state index contributed by atoms with van der Waals surface area (Å²) in [6.07, 6.45) is 5.78. The minimum Gasteiger partial charge on any atom is -0.349 e. The molecule has 0 atom stereocenters. The molecule has 2 fully saturated rings. The number of amides is 1. The van der Waals surface area contributed by atoms with Crippen LogP contribution in [0.25, 0.3) is 0 Å². The van der Waals surface area contributed by atoms with Crippen molar-refractivity contribution in [3.8, 4) is 6.07 Å². The van der Waals surface area contributed by atoms with Gasteiger partial charge in [0.15, 0.2) is 0 Å². The highest BCUT2D eigenvalue weighted by molar-refractivity contribution is 5.99. The Balaban J connectivity index is 1.31. The number of rotatable bonds is 7. The third kappa shape index (κ3) is 4.65. The number of carbonyl (C=O) groups excluding carboxylic acids is 1. The van der Waals surface area contributed by atoms with Crippen LogP contribution in [-0.2, 0) is 17.4 Å². The van der Waals surface area contributed by atoms with Gasteiger partial charge in [-0.25, -0.2) is 14.4 Å². The van der Waals surface area contributed by atoms with Crippen LogP contribution >= 0.6 is 0 Å². The molecule has 4 N–H and O–H groups in total. The smallest absolute Gasteiger partial charge is 0.256 e. The van der Waals surface area contributed by atoms with Crippen molar-refractivity contribution >= 4 is 29.2 Å².